The Bertz CT molecular complexity index is 860. The second kappa shape index (κ2) is 8.05. The molecule has 9 nitrogen and oxygen atoms in total. The van der Waals surface area contributed by atoms with Crippen LogP contribution in [0.1, 0.15) is 12.8 Å². The Hall–Kier alpha value is -1.47. The lowest BCUT2D eigenvalue weighted by Gasteiger charge is -2.32. The number of nitrogens with one attached hydrogen (secondary N) is 1. The first-order chi connectivity index (χ1) is 12.1. The maximum atomic E-state index is 14.4. The molecule has 1 aliphatic heterocycles. The molecule has 0 spiro atoms. The smallest absolute Gasteiger partial charge is 0.274 e. The number of hydrogen-bond acceptors (Lipinski definition) is 6. The van der Waals surface area contributed by atoms with E-state index in [0.29, 0.717) is 12.8 Å². The van der Waals surface area contributed by atoms with Crippen LogP contribution in [0.15, 0.2) is 17.0 Å². The monoisotopic (exact) mass is 411 g/mol. The van der Waals surface area contributed by atoms with Gasteiger partial charge in [-0.2, -0.15) is 12.7 Å². The van der Waals surface area contributed by atoms with Crippen molar-refractivity contribution in [3.8, 4) is 11.5 Å². The van der Waals surface area contributed by atoms with Crippen molar-refractivity contribution in [1.82, 2.24) is 9.03 Å². The topological polar surface area (TPSA) is 128 Å². The van der Waals surface area contributed by atoms with Gasteiger partial charge in [-0.15, -0.1) is 0 Å². The van der Waals surface area contributed by atoms with Crippen LogP contribution in [0.4, 0.5) is 4.39 Å². The molecule has 1 aromatic carbocycles. The number of halogens is 1. The number of hydrogen-bond donors (Lipinski definition) is 2. The summed E-state index contributed by atoms with van der Waals surface area (Å²) in [4.78, 5) is -0.518. The van der Waals surface area contributed by atoms with Gasteiger partial charge < -0.3 is 9.47 Å². The molecule has 0 amide bonds. The van der Waals surface area contributed by atoms with Crippen LogP contribution in [0.5, 0.6) is 11.5 Å². The first-order valence-electron chi connectivity index (χ1n) is 7.77. The molecule has 0 saturated carbocycles. The lowest BCUT2D eigenvalue weighted by Crippen LogP contribution is -2.44. The molecule has 1 aliphatic rings. The van der Waals surface area contributed by atoms with E-state index in [1.807, 2.05) is 0 Å². The van der Waals surface area contributed by atoms with Crippen LogP contribution < -0.4 is 19.3 Å². The lowest BCUT2D eigenvalue weighted by atomic mass is 10.0. The van der Waals surface area contributed by atoms with Gasteiger partial charge in [-0.1, -0.05) is 0 Å². The summed E-state index contributed by atoms with van der Waals surface area (Å²) in [6.07, 6.45) is 1.15. The minimum atomic E-state index is -4.12. The first kappa shape index (κ1) is 20.8. The molecule has 0 bridgehead atoms. The average Bonchev–Trinajstić information content (AvgIpc) is 2.59. The van der Waals surface area contributed by atoms with Crippen molar-refractivity contribution in [2.75, 3.05) is 33.9 Å². The summed E-state index contributed by atoms with van der Waals surface area (Å²) in [5.41, 5.74) is 0. The van der Waals surface area contributed by atoms with Gasteiger partial charge in [-0.3, -0.25) is 0 Å². The summed E-state index contributed by atoms with van der Waals surface area (Å²) >= 11 is 0. The Balaban J connectivity index is 2.26. The molecular formula is C14H22FN3O6S2. The number of benzene rings is 1. The Kier molecular flexibility index (Phi) is 6.45. The van der Waals surface area contributed by atoms with E-state index >= 15 is 0 Å². The molecule has 1 saturated heterocycles. The number of sulfonamides is 1. The third-order valence-corrected chi connectivity index (χ3v) is 6.56. The van der Waals surface area contributed by atoms with Crippen LogP contribution in [0.25, 0.3) is 0 Å². The van der Waals surface area contributed by atoms with Gasteiger partial charge in [-0.05, 0) is 18.8 Å². The van der Waals surface area contributed by atoms with Crippen molar-refractivity contribution in [1.29, 1.82) is 0 Å². The minimum Gasteiger partial charge on any atom is -0.493 e. The van der Waals surface area contributed by atoms with Gasteiger partial charge in [0, 0.05) is 31.8 Å². The largest absolute Gasteiger partial charge is 0.493 e. The molecule has 12 heteroatoms. The van der Waals surface area contributed by atoms with Crippen molar-refractivity contribution >= 4 is 20.2 Å². The van der Waals surface area contributed by atoms with E-state index in [9.17, 15) is 21.2 Å². The molecule has 1 fully saturated rings. The third kappa shape index (κ3) is 4.82. The summed E-state index contributed by atoms with van der Waals surface area (Å²) in [6, 6.07) is 2.03. The highest BCUT2D eigenvalue weighted by molar-refractivity contribution is 7.89. The van der Waals surface area contributed by atoms with Crippen LogP contribution >= 0.6 is 0 Å². The summed E-state index contributed by atoms with van der Waals surface area (Å²) in [6.45, 7) is 0.278. The van der Waals surface area contributed by atoms with E-state index in [4.69, 9.17) is 14.6 Å². The molecular weight excluding hydrogens is 389 g/mol. The number of methoxy groups -OCH3 is 2. The van der Waals surface area contributed by atoms with Gasteiger partial charge in [0.15, 0.2) is 11.5 Å². The molecule has 26 heavy (non-hydrogen) atoms. The standard InChI is InChI=1S/C14H22FN3O6S2/c1-23-12-6-11(15)14(7-13(12)24-2)25(19,20)18-5-3-4-10(9-18)8-17-26(16,21)22/h6-7,10,17H,3-5,8-9H2,1-2H3,(H2,16,21,22). The number of nitrogens with two attached hydrogens (primary N) is 1. The SMILES string of the molecule is COc1cc(F)c(S(=O)(=O)N2CCCC(CNS(N)(=O)=O)C2)cc1OC. The molecule has 1 atom stereocenters. The maximum absolute atomic E-state index is 14.4. The molecule has 0 aliphatic carbocycles. The Morgan fingerprint density at radius 3 is 2.42 bits per heavy atom. The van der Waals surface area contributed by atoms with Gasteiger partial charge >= 0.3 is 0 Å². The van der Waals surface area contributed by atoms with Crippen molar-refractivity contribution in [2.24, 2.45) is 11.1 Å². The summed E-state index contributed by atoms with van der Waals surface area (Å²) in [7, 11) is -5.34. The predicted octanol–water partition coefficient (Wildman–Crippen LogP) is 0.0367. The number of piperidine rings is 1. The molecule has 3 N–H and O–H groups in total. The van der Waals surface area contributed by atoms with Crippen LogP contribution in [-0.4, -0.2) is 55.0 Å². The van der Waals surface area contributed by atoms with Gasteiger partial charge in [0.25, 0.3) is 10.2 Å². The molecule has 0 radical (unpaired) electrons. The summed E-state index contributed by atoms with van der Waals surface area (Å²) < 4.78 is 75.4. The highest BCUT2D eigenvalue weighted by Gasteiger charge is 2.33. The average molecular weight is 411 g/mol. The van der Waals surface area contributed by atoms with E-state index in [1.54, 1.807) is 0 Å². The fourth-order valence-electron chi connectivity index (χ4n) is 2.82. The summed E-state index contributed by atoms with van der Waals surface area (Å²) in [5.74, 6) is -1.04. The zero-order chi connectivity index (χ0) is 19.5. The van der Waals surface area contributed by atoms with Crippen LogP contribution in [0.2, 0.25) is 0 Å². The Labute approximate surface area is 152 Å². The van der Waals surface area contributed by atoms with E-state index < -0.39 is 30.9 Å². The van der Waals surface area contributed by atoms with Crippen LogP contribution in [-0.2, 0) is 20.2 Å². The zero-order valence-corrected chi connectivity index (χ0v) is 16.1. The van der Waals surface area contributed by atoms with Crippen molar-refractivity contribution < 1.29 is 30.7 Å². The summed E-state index contributed by atoms with van der Waals surface area (Å²) in [5, 5.41) is 4.90. The molecule has 148 valence electrons. The second-order valence-corrected chi connectivity index (χ2v) is 9.19. The molecule has 2 rings (SSSR count). The van der Waals surface area contributed by atoms with E-state index in [2.05, 4.69) is 4.72 Å². The Morgan fingerprint density at radius 2 is 1.85 bits per heavy atom. The first-order valence-corrected chi connectivity index (χ1v) is 10.8. The highest BCUT2D eigenvalue weighted by Crippen LogP contribution is 2.34. The van der Waals surface area contributed by atoms with Crippen molar-refractivity contribution in [3.05, 3.63) is 17.9 Å². The zero-order valence-electron chi connectivity index (χ0n) is 14.4. The van der Waals surface area contributed by atoms with Gasteiger partial charge in [0.1, 0.15) is 10.7 Å². The number of ether oxygens (including phenoxy) is 2. The quantitative estimate of drug-likeness (QED) is 0.652. The van der Waals surface area contributed by atoms with Crippen LogP contribution in [0.3, 0.4) is 0 Å². The van der Waals surface area contributed by atoms with Gasteiger partial charge in [0.05, 0.1) is 14.2 Å². The van der Waals surface area contributed by atoms with E-state index in [1.165, 1.54) is 14.2 Å². The lowest BCUT2D eigenvalue weighted by molar-refractivity contribution is 0.266. The number of nitrogens with zero attached hydrogens (tertiary/aromatic N) is 1. The number of rotatable bonds is 7. The van der Waals surface area contributed by atoms with Crippen LogP contribution in [0, 0.1) is 11.7 Å². The normalized spacial score (nSPS) is 19.3. The Morgan fingerprint density at radius 1 is 1.23 bits per heavy atom. The van der Waals surface area contributed by atoms with Crippen molar-refractivity contribution in [3.63, 3.8) is 0 Å². The highest BCUT2D eigenvalue weighted by atomic mass is 32.2. The molecule has 1 unspecified atom stereocenters. The van der Waals surface area contributed by atoms with Gasteiger partial charge in [-0.25, -0.2) is 22.7 Å². The van der Waals surface area contributed by atoms with Crippen molar-refractivity contribution in [2.45, 2.75) is 17.7 Å². The minimum absolute atomic E-state index is 0.0132. The molecule has 0 aromatic heterocycles. The fraction of sp³-hybridized carbons (Fsp3) is 0.571. The molecule has 1 aromatic rings. The molecule has 1 heterocycles. The third-order valence-electron chi connectivity index (χ3n) is 4.11. The van der Waals surface area contributed by atoms with E-state index in [-0.39, 0.29) is 37.1 Å². The predicted molar refractivity (Wildman–Crippen MR) is 92.1 cm³/mol. The maximum Gasteiger partial charge on any atom is 0.274 e. The fourth-order valence-corrected chi connectivity index (χ4v) is 4.90. The second-order valence-electron chi connectivity index (χ2n) is 5.90. The van der Waals surface area contributed by atoms with E-state index in [0.717, 1.165) is 16.4 Å². The van der Waals surface area contributed by atoms with Gasteiger partial charge in [0.2, 0.25) is 10.0 Å².